The van der Waals surface area contributed by atoms with Gasteiger partial charge in [0.2, 0.25) is 12.2 Å². The predicted molar refractivity (Wildman–Crippen MR) is 216 cm³/mol. The van der Waals surface area contributed by atoms with Crippen LogP contribution in [0.3, 0.4) is 0 Å². The molecule has 6 unspecified atom stereocenters. The Labute approximate surface area is 334 Å². The molecule has 0 amide bonds. The minimum atomic E-state index is -3.06. The van der Waals surface area contributed by atoms with Gasteiger partial charge in [0, 0.05) is 16.7 Å². The molecule has 14 heteroatoms. The first-order chi connectivity index (χ1) is 25.6. The van der Waals surface area contributed by atoms with Crippen molar-refractivity contribution in [1.82, 2.24) is 0 Å². The smallest absolute Gasteiger partial charge is 0.265 e. The molecule has 0 saturated carbocycles. The fraction of sp³-hybridized carbons (Fsp3) is 0.525. The van der Waals surface area contributed by atoms with Crippen LogP contribution in [0, 0.1) is 23.2 Å². The zero-order chi connectivity index (χ0) is 39.3. The topological polar surface area (TPSA) is 128 Å². The van der Waals surface area contributed by atoms with Gasteiger partial charge in [0.05, 0.1) is 31.5 Å². The van der Waals surface area contributed by atoms with E-state index in [1.807, 2.05) is 80.6 Å². The molecule has 292 valence electrons. The summed E-state index contributed by atoms with van der Waals surface area (Å²) in [5.74, 6) is -1.29. The molecule has 0 spiro atoms. The third-order valence-electron chi connectivity index (χ3n) is 10.7. The molecule has 1 N–H and O–H groups in total. The van der Waals surface area contributed by atoms with Crippen molar-refractivity contribution in [2.45, 2.75) is 107 Å². The Bertz CT molecular complexity index is 1670. The van der Waals surface area contributed by atoms with Crippen LogP contribution in [0.5, 0.6) is 0 Å². The number of ether oxygens (including phenoxy) is 5. The molecule has 3 aromatic rings. The first kappa shape index (κ1) is 42.5. The lowest BCUT2D eigenvalue weighted by Gasteiger charge is -2.49. The van der Waals surface area contributed by atoms with E-state index in [1.165, 1.54) is 0 Å². The van der Waals surface area contributed by atoms with Gasteiger partial charge in [-0.25, -0.2) is 0 Å². The van der Waals surface area contributed by atoms with Gasteiger partial charge in [-0.1, -0.05) is 172 Å². The van der Waals surface area contributed by atoms with E-state index < -0.39 is 54.8 Å². The number of benzene rings is 3. The molecule has 2 heterocycles. The summed E-state index contributed by atoms with van der Waals surface area (Å²) in [6, 6.07) is 29.6. The number of alkyl halides is 3. The maximum atomic E-state index is 9.68. The lowest BCUT2D eigenvalue weighted by atomic mass is 9.85. The fourth-order valence-corrected chi connectivity index (χ4v) is 12.4. The second kappa shape index (κ2) is 18.1. The van der Waals surface area contributed by atoms with Crippen LogP contribution in [0.4, 0.5) is 0 Å². The average Bonchev–Trinajstić information content (AvgIpc) is 3.14. The molecule has 0 radical (unpaired) electrons. The third kappa shape index (κ3) is 9.46. The maximum absolute atomic E-state index is 9.68. The molecule has 2 aliphatic heterocycles. The molecule has 0 bridgehead atoms. The van der Waals surface area contributed by atoms with Crippen molar-refractivity contribution in [2.75, 3.05) is 6.61 Å². The second-order valence-corrected chi connectivity index (χ2v) is 21.9. The second-order valence-electron chi connectivity index (χ2n) is 15.3. The Kier molecular flexibility index (Phi) is 14.2. The van der Waals surface area contributed by atoms with Crippen LogP contribution in [0.2, 0.25) is 5.04 Å². The Morgan fingerprint density at radius 1 is 0.796 bits per heavy atom. The van der Waals surface area contributed by atoms with Crippen LogP contribution in [0.1, 0.15) is 54.0 Å². The third-order valence-corrected chi connectivity index (χ3v) is 16.2. The van der Waals surface area contributed by atoms with E-state index >= 15 is 0 Å². The summed E-state index contributed by atoms with van der Waals surface area (Å²) >= 11 is 18.1. The molecule has 2 aliphatic rings. The van der Waals surface area contributed by atoms with Gasteiger partial charge >= 0.3 is 0 Å². The van der Waals surface area contributed by atoms with Crippen molar-refractivity contribution in [1.29, 1.82) is 5.41 Å². The minimum absolute atomic E-state index is 0.0627. The highest BCUT2D eigenvalue weighted by atomic mass is 35.6. The Balaban J connectivity index is 1.52. The average molecular weight is 818 g/mol. The molecule has 0 aliphatic carbocycles. The van der Waals surface area contributed by atoms with Gasteiger partial charge < -0.3 is 28.1 Å². The summed E-state index contributed by atoms with van der Waals surface area (Å²) in [4.78, 5) is 3.10. The largest absolute Gasteiger partial charge is 0.448 e. The van der Waals surface area contributed by atoms with E-state index in [0.29, 0.717) is 6.61 Å². The number of nitrogens with zero attached hydrogens (tertiary/aromatic N) is 3. The van der Waals surface area contributed by atoms with Crippen molar-refractivity contribution in [2.24, 2.45) is 22.9 Å². The molecule has 5 rings (SSSR count). The van der Waals surface area contributed by atoms with Crippen LogP contribution in [0.25, 0.3) is 10.4 Å². The fourth-order valence-electron chi connectivity index (χ4n) is 7.67. The number of halogens is 3. The summed E-state index contributed by atoms with van der Waals surface area (Å²) in [5, 5.41) is 14.3. The summed E-state index contributed by atoms with van der Waals surface area (Å²) in [7, 11) is -3.06. The van der Waals surface area contributed by atoms with Crippen LogP contribution < -0.4 is 10.4 Å². The van der Waals surface area contributed by atoms with Crippen LogP contribution in [-0.2, 0) is 34.7 Å². The Hall–Kier alpha value is -2.67. The van der Waals surface area contributed by atoms with Crippen molar-refractivity contribution < 1.29 is 28.1 Å². The van der Waals surface area contributed by atoms with Crippen molar-refractivity contribution in [3.63, 3.8) is 0 Å². The molecule has 10 atom stereocenters. The van der Waals surface area contributed by atoms with Crippen molar-refractivity contribution in [3.8, 4) is 0 Å². The van der Waals surface area contributed by atoms with Gasteiger partial charge in [0.15, 0.2) is 6.29 Å². The first-order valence-electron chi connectivity index (χ1n) is 18.3. The Morgan fingerprint density at radius 2 is 1.35 bits per heavy atom. The van der Waals surface area contributed by atoms with Gasteiger partial charge in [-0.05, 0) is 39.3 Å². The highest BCUT2D eigenvalue weighted by molar-refractivity contribution is 6.99. The zero-order valence-electron chi connectivity index (χ0n) is 31.8. The lowest BCUT2D eigenvalue weighted by Crippen LogP contribution is -2.68. The van der Waals surface area contributed by atoms with E-state index in [2.05, 4.69) is 68.9 Å². The number of nitrogens with one attached hydrogen (secondary N) is 1. The van der Waals surface area contributed by atoms with Crippen molar-refractivity contribution in [3.05, 3.63) is 107 Å². The van der Waals surface area contributed by atoms with E-state index in [-0.39, 0.29) is 35.7 Å². The minimum Gasteiger partial charge on any atom is -0.448 e. The Morgan fingerprint density at radius 3 is 1.87 bits per heavy atom. The zero-order valence-corrected chi connectivity index (χ0v) is 35.0. The summed E-state index contributed by atoms with van der Waals surface area (Å²) in [5.41, 5.74) is 10.8. The summed E-state index contributed by atoms with van der Waals surface area (Å²) in [6.07, 6.45) is -3.87. The van der Waals surface area contributed by atoms with Gasteiger partial charge in [-0.15, -0.1) is 0 Å². The normalized spacial score (nSPS) is 29.2. The van der Waals surface area contributed by atoms with Crippen LogP contribution >= 0.6 is 34.8 Å². The first-order valence-corrected chi connectivity index (χ1v) is 21.4. The highest BCUT2D eigenvalue weighted by Crippen LogP contribution is 2.41. The molecule has 10 nitrogen and oxygen atoms in total. The van der Waals surface area contributed by atoms with Crippen molar-refractivity contribution >= 4 is 59.4 Å². The van der Waals surface area contributed by atoms with E-state index in [4.69, 9.17) is 68.3 Å². The number of rotatable bonds is 12. The molecular weight excluding hydrogens is 767 g/mol. The summed E-state index contributed by atoms with van der Waals surface area (Å²) < 4.78 is 37.7. The van der Waals surface area contributed by atoms with Gasteiger partial charge in [-0.3, -0.25) is 5.41 Å². The van der Waals surface area contributed by atoms with E-state index in [9.17, 15) is 5.53 Å². The number of azide groups is 1. The quantitative estimate of drug-likeness (QED) is 0.0370. The van der Waals surface area contributed by atoms with Crippen LogP contribution in [-0.4, -0.2) is 67.7 Å². The molecule has 54 heavy (non-hydrogen) atoms. The SMILES string of the molecule is CC1O[C@@H](O[C@@H]2C(CO[Si](c3ccccc3)(c3ccccc3)C(C)(C)C)OC(OC(=N)C(Cl)(Cl)Cl)C(N=[N+]=[N-])[C@H]2C)C(C)[C@H](OCc2ccccc2)C1C. The standard InChI is InChI=1S/C40H51Cl3N4O6Si/c1-25-28(4)50-36(27(3)34(25)48-23-29-17-11-8-12-18-29)52-35-26(2)33(46-47-45)37(53-38(44)40(41,42)43)51-32(35)24-49-54(39(5,6)7,30-19-13-9-14-20-30)31-21-15-10-16-22-31/h8-22,25-28,32-37,44H,23-24H2,1-7H3/t25?,26-,27?,28?,32?,33?,34-,35+,36+,37?/m1/s1. The number of hydrogen-bond acceptors (Lipinski definition) is 8. The molecule has 2 fully saturated rings. The monoisotopic (exact) mass is 816 g/mol. The maximum Gasteiger partial charge on any atom is 0.265 e. The lowest BCUT2D eigenvalue weighted by molar-refractivity contribution is -0.318. The highest BCUT2D eigenvalue weighted by Gasteiger charge is 2.54. The molecular formula is C40H51Cl3N4O6Si. The van der Waals surface area contributed by atoms with Gasteiger partial charge in [0.1, 0.15) is 12.1 Å². The predicted octanol–water partition coefficient (Wildman–Crippen LogP) is 8.95. The molecule has 2 saturated heterocycles. The van der Waals surface area contributed by atoms with Crippen LogP contribution in [0.15, 0.2) is 96.1 Å². The van der Waals surface area contributed by atoms with E-state index in [1.54, 1.807) is 0 Å². The molecule has 0 aromatic heterocycles. The van der Waals surface area contributed by atoms with Gasteiger partial charge in [-0.2, -0.15) is 0 Å². The van der Waals surface area contributed by atoms with Gasteiger partial charge in [0.25, 0.3) is 12.1 Å². The number of hydrogen-bond donors (Lipinski definition) is 1. The summed E-state index contributed by atoms with van der Waals surface area (Å²) in [6.45, 7) is 15.2. The van der Waals surface area contributed by atoms with E-state index in [0.717, 1.165) is 15.9 Å². The molecule has 3 aromatic carbocycles.